The molecule has 1 aromatic heterocycles. The molecule has 0 aromatic carbocycles. The van der Waals surface area contributed by atoms with Crippen LogP contribution in [0.4, 0.5) is 8.78 Å². The predicted octanol–water partition coefficient (Wildman–Crippen LogP) is 2.55. The minimum atomic E-state index is -2.74. The van der Waals surface area contributed by atoms with Crippen LogP contribution in [0.15, 0.2) is 6.07 Å². The number of alkyl halides is 3. The number of hydrogen-bond acceptors (Lipinski definition) is 3. The minimum absolute atomic E-state index is 0.194. The molecule has 94 valence electrons. The lowest BCUT2D eigenvalue weighted by molar-refractivity contribution is -0.136. The molecule has 0 spiro atoms. The van der Waals surface area contributed by atoms with Gasteiger partial charge in [0.05, 0.1) is 19.2 Å². The van der Waals surface area contributed by atoms with E-state index in [2.05, 4.69) is 20.9 Å². The molecule has 0 aliphatic rings. The Bertz CT molecular complexity index is 426. The van der Waals surface area contributed by atoms with Crippen molar-refractivity contribution in [2.75, 3.05) is 7.11 Å². The highest BCUT2D eigenvalue weighted by Crippen LogP contribution is 2.29. The van der Waals surface area contributed by atoms with Crippen molar-refractivity contribution < 1.29 is 23.4 Å². The molecule has 0 radical (unpaired) electrons. The van der Waals surface area contributed by atoms with E-state index in [1.165, 1.54) is 7.11 Å². The first kappa shape index (κ1) is 13.8. The fourth-order valence-electron chi connectivity index (χ4n) is 1.41. The van der Waals surface area contributed by atoms with Crippen LogP contribution in [0, 0.1) is 0 Å². The molecule has 0 saturated heterocycles. The second-order valence-corrected chi connectivity index (χ2v) is 3.75. The third-order valence-electron chi connectivity index (χ3n) is 2.04. The molecule has 0 amide bonds. The Morgan fingerprint density at radius 1 is 1.65 bits per heavy atom. The number of carbonyl (C=O) groups is 1. The number of ether oxygens (including phenoxy) is 1. The summed E-state index contributed by atoms with van der Waals surface area (Å²) in [5.41, 5.74) is 0.0119. The van der Waals surface area contributed by atoms with Gasteiger partial charge < -0.3 is 9.84 Å². The third kappa shape index (κ3) is 3.36. The van der Waals surface area contributed by atoms with Crippen molar-refractivity contribution in [1.29, 1.82) is 0 Å². The van der Waals surface area contributed by atoms with Crippen LogP contribution in [0.5, 0.6) is 5.75 Å². The summed E-state index contributed by atoms with van der Waals surface area (Å²) in [6.45, 7) is 0. The second kappa shape index (κ2) is 5.90. The van der Waals surface area contributed by atoms with E-state index in [1.807, 2.05) is 0 Å². The number of carboxylic acid groups (broad SMARTS) is 1. The highest BCUT2D eigenvalue weighted by Gasteiger charge is 2.19. The number of nitrogens with zero attached hydrogens (tertiary/aromatic N) is 1. The van der Waals surface area contributed by atoms with E-state index in [-0.39, 0.29) is 28.8 Å². The Hall–Kier alpha value is -1.24. The normalized spacial score (nSPS) is 10.6. The van der Waals surface area contributed by atoms with Gasteiger partial charge in [0.2, 0.25) is 0 Å². The van der Waals surface area contributed by atoms with Gasteiger partial charge in [0.25, 0.3) is 6.43 Å². The van der Waals surface area contributed by atoms with Crippen molar-refractivity contribution in [1.82, 2.24) is 4.98 Å². The standard InChI is InChI=1S/C10H10BrF2NO3/c1-17-9-5(3-8(15)16)2-6(10(12)13)14-7(9)4-11/h2,10H,3-4H2,1H3,(H,15,16). The molecule has 0 aliphatic carbocycles. The zero-order valence-corrected chi connectivity index (χ0v) is 10.5. The van der Waals surface area contributed by atoms with Crippen LogP contribution in [-0.2, 0) is 16.5 Å². The molecule has 1 aromatic rings. The van der Waals surface area contributed by atoms with Crippen LogP contribution in [0.25, 0.3) is 0 Å². The molecular formula is C10H10BrF2NO3. The van der Waals surface area contributed by atoms with Crippen molar-refractivity contribution in [3.05, 3.63) is 23.0 Å². The second-order valence-electron chi connectivity index (χ2n) is 3.19. The summed E-state index contributed by atoms with van der Waals surface area (Å²) in [5.74, 6) is -0.885. The van der Waals surface area contributed by atoms with Gasteiger partial charge >= 0.3 is 5.97 Å². The maximum Gasteiger partial charge on any atom is 0.307 e. The van der Waals surface area contributed by atoms with E-state index in [0.717, 1.165) is 6.07 Å². The molecule has 0 atom stereocenters. The first-order valence-corrected chi connectivity index (χ1v) is 5.74. The Labute approximate surface area is 105 Å². The fourth-order valence-corrected chi connectivity index (χ4v) is 1.79. The van der Waals surface area contributed by atoms with Crippen LogP contribution in [0.2, 0.25) is 0 Å². The lowest BCUT2D eigenvalue weighted by Crippen LogP contribution is -2.07. The van der Waals surface area contributed by atoms with Crippen molar-refractivity contribution in [3.63, 3.8) is 0 Å². The van der Waals surface area contributed by atoms with Gasteiger partial charge in [0.1, 0.15) is 11.4 Å². The molecule has 0 saturated carbocycles. The maximum absolute atomic E-state index is 12.6. The zero-order chi connectivity index (χ0) is 13.0. The van der Waals surface area contributed by atoms with Gasteiger partial charge in [-0.2, -0.15) is 0 Å². The Morgan fingerprint density at radius 3 is 2.71 bits per heavy atom. The summed E-state index contributed by atoms with van der Waals surface area (Å²) in [5, 5.41) is 8.92. The molecule has 4 nitrogen and oxygen atoms in total. The van der Waals surface area contributed by atoms with Gasteiger partial charge in [-0.05, 0) is 6.07 Å². The maximum atomic E-state index is 12.6. The average Bonchev–Trinajstić information content (AvgIpc) is 2.26. The van der Waals surface area contributed by atoms with Crippen molar-refractivity contribution in [2.24, 2.45) is 0 Å². The lowest BCUT2D eigenvalue weighted by Gasteiger charge is -2.12. The monoisotopic (exact) mass is 309 g/mol. The lowest BCUT2D eigenvalue weighted by atomic mass is 10.1. The molecule has 0 bridgehead atoms. The van der Waals surface area contributed by atoms with E-state index in [4.69, 9.17) is 9.84 Å². The number of pyridine rings is 1. The summed E-state index contributed by atoms with van der Waals surface area (Å²) in [7, 11) is 1.34. The number of rotatable bonds is 5. The number of aliphatic carboxylic acids is 1. The van der Waals surface area contributed by atoms with E-state index in [0.29, 0.717) is 0 Å². The van der Waals surface area contributed by atoms with E-state index in [1.54, 1.807) is 0 Å². The van der Waals surface area contributed by atoms with E-state index < -0.39 is 18.1 Å². The molecular weight excluding hydrogens is 300 g/mol. The van der Waals surface area contributed by atoms with Gasteiger partial charge in [-0.15, -0.1) is 0 Å². The van der Waals surface area contributed by atoms with Gasteiger partial charge in [-0.25, -0.2) is 13.8 Å². The van der Waals surface area contributed by atoms with Crippen molar-refractivity contribution in [3.8, 4) is 5.75 Å². The number of methoxy groups -OCH3 is 1. The van der Waals surface area contributed by atoms with Gasteiger partial charge in [0.15, 0.2) is 0 Å². The summed E-state index contributed by atoms with van der Waals surface area (Å²) in [4.78, 5) is 14.4. The molecule has 1 rings (SSSR count). The molecule has 0 fully saturated rings. The van der Waals surface area contributed by atoms with Crippen LogP contribution >= 0.6 is 15.9 Å². The Balaban J connectivity index is 3.31. The zero-order valence-electron chi connectivity index (χ0n) is 8.91. The van der Waals surface area contributed by atoms with Crippen LogP contribution in [0.1, 0.15) is 23.4 Å². The first-order valence-electron chi connectivity index (χ1n) is 4.62. The van der Waals surface area contributed by atoms with Crippen molar-refractivity contribution in [2.45, 2.75) is 18.2 Å². The van der Waals surface area contributed by atoms with Gasteiger partial charge in [-0.3, -0.25) is 4.79 Å². The van der Waals surface area contributed by atoms with Crippen LogP contribution in [0.3, 0.4) is 0 Å². The van der Waals surface area contributed by atoms with Crippen molar-refractivity contribution >= 4 is 21.9 Å². The summed E-state index contributed by atoms with van der Waals surface area (Å²) < 4.78 is 30.1. The summed E-state index contributed by atoms with van der Waals surface area (Å²) in [6, 6.07) is 1.06. The van der Waals surface area contributed by atoms with Crippen LogP contribution < -0.4 is 4.74 Å². The van der Waals surface area contributed by atoms with E-state index in [9.17, 15) is 13.6 Å². The van der Waals surface area contributed by atoms with Crippen LogP contribution in [-0.4, -0.2) is 23.2 Å². The summed E-state index contributed by atoms with van der Waals surface area (Å²) >= 11 is 3.10. The Morgan fingerprint density at radius 2 is 2.29 bits per heavy atom. The minimum Gasteiger partial charge on any atom is -0.495 e. The van der Waals surface area contributed by atoms with Gasteiger partial charge in [0, 0.05) is 10.9 Å². The first-order chi connectivity index (χ1) is 7.99. The fraction of sp³-hybridized carbons (Fsp3) is 0.400. The molecule has 17 heavy (non-hydrogen) atoms. The topological polar surface area (TPSA) is 59.4 Å². The Kier molecular flexibility index (Phi) is 4.80. The third-order valence-corrected chi connectivity index (χ3v) is 2.57. The average molecular weight is 310 g/mol. The molecule has 1 heterocycles. The molecule has 0 unspecified atom stereocenters. The number of hydrogen-bond donors (Lipinski definition) is 1. The largest absolute Gasteiger partial charge is 0.495 e. The highest BCUT2D eigenvalue weighted by atomic mass is 79.9. The smallest absolute Gasteiger partial charge is 0.307 e. The highest BCUT2D eigenvalue weighted by molar-refractivity contribution is 9.08. The number of halogens is 3. The molecule has 7 heteroatoms. The number of aromatic nitrogens is 1. The quantitative estimate of drug-likeness (QED) is 0.849. The predicted molar refractivity (Wildman–Crippen MR) is 59.7 cm³/mol. The summed E-state index contributed by atoms with van der Waals surface area (Å²) in [6.07, 6.45) is -3.13. The molecule has 1 N–H and O–H groups in total. The van der Waals surface area contributed by atoms with E-state index >= 15 is 0 Å². The SMILES string of the molecule is COc1c(CC(=O)O)cc(C(F)F)nc1CBr. The number of carboxylic acids is 1. The van der Waals surface area contributed by atoms with Gasteiger partial charge in [-0.1, -0.05) is 15.9 Å². The molecule has 0 aliphatic heterocycles.